The zero-order valence-corrected chi connectivity index (χ0v) is 15.6. The largest absolute Gasteiger partial charge is 0.635 e. The number of nitrogens with zero attached hydrogens (tertiary/aromatic N) is 1. The summed E-state index contributed by atoms with van der Waals surface area (Å²) < 4.78 is 10.7. The van der Waals surface area contributed by atoms with Crippen molar-refractivity contribution in [3.63, 3.8) is 0 Å². The molecular formula is C19H18BClN2O5. The van der Waals surface area contributed by atoms with Crippen molar-refractivity contribution in [1.82, 2.24) is 5.32 Å². The van der Waals surface area contributed by atoms with Crippen molar-refractivity contribution in [2.24, 2.45) is 0 Å². The second-order valence-electron chi connectivity index (χ2n) is 6.37. The lowest BCUT2D eigenvalue weighted by Crippen LogP contribution is -2.42. The van der Waals surface area contributed by atoms with Gasteiger partial charge in [0.1, 0.15) is 12.0 Å². The number of fused-ring (bicyclic) bond motifs is 1. The molecule has 0 saturated heterocycles. The summed E-state index contributed by atoms with van der Waals surface area (Å²) >= 11 is 6.13. The molecule has 144 valence electrons. The zero-order chi connectivity index (χ0) is 20.1. The summed E-state index contributed by atoms with van der Waals surface area (Å²) in [4.78, 5) is 12.4. The van der Waals surface area contributed by atoms with Gasteiger partial charge in [0.25, 0.3) is 0 Å². The lowest BCUT2D eigenvalue weighted by Gasteiger charge is -2.22. The number of carbonyl (C=O) groups is 1. The number of ether oxygens (including phenoxy) is 1. The van der Waals surface area contributed by atoms with Gasteiger partial charge in [-0.05, 0) is 17.7 Å². The highest BCUT2D eigenvalue weighted by atomic mass is 35.5. The molecule has 0 unspecified atom stereocenters. The van der Waals surface area contributed by atoms with E-state index in [1.165, 1.54) is 0 Å². The van der Waals surface area contributed by atoms with E-state index in [1.807, 2.05) is 12.1 Å². The van der Waals surface area contributed by atoms with Gasteiger partial charge >= 0.3 is 7.32 Å². The summed E-state index contributed by atoms with van der Waals surface area (Å²) in [5.41, 5.74) is 1.86. The topological polar surface area (TPSA) is 112 Å². The molecule has 1 aliphatic heterocycles. The van der Waals surface area contributed by atoms with Gasteiger partial charge in [-0.3, -0.25) is 4.79 Å². The summed E-state index contributed by atoms with van der Waals surface area (Å²) in [6, 6.07) is 14.2. The molecule has 0 fully saturated rings. The molecule has 2 aromatic carbocycles. The third-order valence-corrected chi connectivity index (χ3v) is 4.76. The first-order valence-corrected chi connectivity index (χ1v) is 9.06. The fourth-order valence-corrected chi connectivity index (χ4v) is 3.45. The van der Waals surface area contributed by atoms with E-state index < -0.39 is 19.5 Å². The predicted octanol–water partition coefficient (Wildman–Crippen LogP) is 1.75. The second kappa shape index (κ2) is 9.08. The molecule has 0 bridgehead atoms. The van der Waals surface area contributed by atoms with Crippen molar-refractivity contribution in [1.29, 1.82) is 5.26 Å². The van der Waals surface area contributed by atoms with Gasteiger partial charge in [-0.15, -0.1) is 0 Å². The molecule has 3 N–H and O–H groups in total. The van der Waals surface area contributed by atoms with E-state index in [2.05, 4.69) is 5.32 Å². The van der Waals surface area contributed by atoms with E-state index in [0.717, 1.165) is 5.56 Å². The molecule has 1 heterocycles. The Labute approximate surface area is 167 Å². The lowest BCUT2D eigenvalue weighted by atomic mass is 9.96. The van der Waals surface area contributed by atoms with E-state index in [4.69, 9.17) is 26.3 Å². The molecule has 3 rings (SSSR count). The zero-order valence-electron chi connectivity index (χ0n) is 14.8. The Kier molecular flexibility index (Phi) is 6.55. The predicted molar refractivity (Wildman–Crippen MR) is 102 cm³/mol. The first-order valence-electron chi connectivity index (χ1n) is 8.68. The van der Waals surface area contributed by atoms with Crippen molar-refractivity contribution < 1.29 is 24.2 Å². The molecule has 7 nitrogen and oxygen atoms in total. The maximum atomic E-state index is 12.4. The number of hydrogen-bond donors (Lipinski definition) is 3. The van der Waals surface area contributed by atoms with Gasteiger partial charge in [0.05, 0.1) is 29.7 Å². The monoisotopic (exact) mass is 400 g/mol. The van der Waals surface area contributed by atoms with Crippen molar-refractivity contribution in [2.45, 2.75) is 25.0 Å². The highest BCUT2D eigenvalue weighted by Gasteiger charge is 2.31. The van der Waals surface area contributed by atoms with E-state index in [1.54, 1.807) is 36.4 Å². The first-order chi connectivity index (χ1) is 13.5. The van der Waals surface area contributed by atoms with Gasteiger partial charge < -0.3 is 24.8 Å². The van der Waals surface area contributed by atoms with E-state index in [9.17, 15) is 14.8 Å². The number of rotatable bonds is 7. The molecule has 0 spiro atoms. The summed E-state index contributed by atoms with van der Waals surface area (Å²) in [7, 11) is -2.04. The number of hydrogen-bond acceptors (Lipinski definition) is 6. The van der Waals surface area contributed by atoms with Crippen LogP contribution in [-0.2, 0) is 15.9 Å². The summed E-state index contributed by atoms with van der Waals surface area (Å²) in [6.07, 6.45) is -0.731. The smallest absolute Gasteiger partial charge is 0.491 e. The van der Waals surface area contributed by atoms with E-state index >= 15 is 0 Å². The van der Waals surface area contributed by atoms with Crippen LogP contribution in [0.1, 0.15) is 29.0 Å². The number of amides is 1. The third kappa shape index (κ3) is 4.83. The van der Waals surface area contributed by atoms with Crippen LogP contribution < -0.4 is 10.1 Å². The van der Waals surface area contributed by atoms with Gasteiger partial charge in [-0.25, -0.2) is 0 Å². The van der Waals surface area contributed by atoms with Crippen molar-refractivity contribution in [2.75, 3.05) is 6.61 Å². The molecule has 1 amide bonds. The second-order valence-corrected chi connectivity index (χ2v) is 6.77. The highest BCUT2D eigenvalue weighted by molar-refractivity contribution is 6.32. The Morgan fingerprint density at radius 3 is 2.89 bits per heavy atom. The minimum atomic E-state index is -2.04. The molecule has 1 aliphatic rings. The van der Waals surface area contributed by atoms with Gasteiger partial charge in [0, 0.05) is 17.9 Å². The van der Waals surface area contributed by atoms with Gasteiger partial charge in [0.15, 0.2) is 0 Å². The molecule has 0 radical (unpaired) electrons. The number of carbonyl (C=O) groups excluding carboxylic acids is 1. The first kappa shape index (κ1) is 20.2. The van der Waals surface area contributed by atoms with E-state index in [0.29, 0.717) is 28.5 Å². The van der Waals surface area contributed by atoms with Crippen LogP contribution in [-0.4, -0.2) is 36.1 Å². The number of nitrogens with one attached hydrogen (secondary N) is 1. The molecule has 2 aromatic rings. The number of benzene rings is 2. The Balaban J connectivity index is 1.69. The Morgan fingerprint density at radius 2 is 2.14 bits per heavy atom. The van der Waals surface area contributed by atoms with Crippen molar-refractivity contribution >= 4 is 24.8 Å². The van der Waals surface area contributed by atoms with Crippen LogP contribution in [0.2, 0.25) is 5.02 Å². The standard InChI is InChI=1S/C19H18BClN2O5/c21-16-7-3-6-15-14(11-27-19(15)16)9-18(28-20(25)26)23-17(24)8-12-4-1-2-5-13(12)10-22/h1-7,14,18,25-26H,8-9,11H2,(H,23,24)/t14-,18+/m0/s1. The van der Waals surface area contributed by atoms with Crippen molar-refractivity contribution in [3.05, 3.63) is 64.2 Å². The molecule has 28 heavy (non-hydrogen) atoms. The SMILES string of the molecule is N#Cc1ccccc1CC(=O)N[C@@H](C[C@H]1COc2c(Cl)cccc21)OB(O)O. The van der Waals surface area contributed by atoms with Crippen LogP contribution in [0.3, 0.4) is 0 Å². The summed E-state index contributed by atoms with van der Waals surface area (Å²) in [5.74, 6) is 0.0504. The number of halogens is 1. The number of nitriles is 1. The summed E-state index contributed by atoms with van der Waals surface area (Å²) in [6.45, 7) is 0.341. The van der Waals surface area contributed by atoms with Crippen LogP contribution in [0.5, 0.6) is 5.75 Å². The average molecular weight is 401 g/mol. The maximum Gasteiger partial charge on any atom is 0.635 e. The Bertz CT molecular complexity index is 902. The van der Waals surface area contributed by atoms with E-state index in [-0.39, 0.29) is 18.8 Å². The highest BCUT2D eigenvalue weighted by Crippen LogP contribution is 2.41. The fourth-order valence-electron chi connectivity index (χ4n) is 3.21. The molecule has 2 atom stereocenters. The third-order valence-electron chi connectivity index (χ3n) is 4.46. The molecule has 0 saturated carbocycles. The molecule has 9 heteroatoms. The quantitative estimate of drug-likeness (QED) is 0.482. The molecule has 0 aromatic heterocycles. The van der Waals surface area contributed by atoms with Gasteiger partial charge in [-0.2, -0.15) is 5.26 Å². The fraction of sp³-hybridized carbons (Fsp3) is 0.263. The van der Waals surface area contributed by atoms with Crippen LogP contribution in [0, 0.1) is 11.3 Å². The minimum Gasteiger partial charge on any atom is -0.491 e. The average Bonchev–Trinajstić information content (AvgIpc) is 3.06. The van der Waals surface area contributed by atoms with Crippen molar-refractivity contribution in [3.8, 4) is 11.8 Å². The van der Waals surface area contributed by atoms with Gasteiger partial charge in [-0.1, -0.05) is 41.9 Å². The Hall–Kier alpha value is -2.57. The lowest BCUT2D eigenvalue weighted by molar-refractivity contribution is -0.123. The van der Waals surface area contributed by atoms with Crippen LogP contribution in [0.4, 0.5) is 0 Å². The minimum absolute atomic E-state index is 0.0330. The molecule has 0 aliphatic carbocycles. The molecular weight excluding hydrogens is 382 g/mol. The normalized spacial score (nSPS) is 15.9. The van der Waals surface area contributed by atoms with Crippen LogP contribution in [0.25, 0.3) is 0 Å². The van der Waals surface area contributed by atoms with Gasteiger partial charge in [0.2, 0.25) is 5.91 Å². The summed E-state index contributed by atoms with van der Waals surface area (Å²) in [5, 5.41) is 30.7. The Morgan fingerprint density at radius 1 is 1.36 bits per heavy atom. The maximum absolute atomic E-state index is 12.4. The van der Waals surface area contributed by atoms with Crippen LogP contribution >= 0.6 is 11.6 Å². The number of para-hydroxylation sites is 1. The van der Waals surface area contributed by atoms with Crippen LogP contribution in [0.15, 0.2) is 42.5 Å².